The third-order valence-corrected chi connectivity index (χ3v) is 4.36. The van der Waals surface area contributed by atoms with E-state index >= 15 is 0 Å². The van der Waals surface area contributed by atoms with Crippen LogP contribution in [0.15, 0.2) is 33.9 Å². The molecule has 21 heavy (non-hydrogen) atoms. The first-order chi connectivity index (χ1) is 10.0. The largest absolute Gasteiger partial charge is 0.381 e. The van der Waals surface area contributed by atoms with E-state index in [9.17, 15) is 9.59 Å². The molecule has 2 aromatic heterocycles. The Balaban J connectivity index is 1.88. The molecule has 0 aliphatic rings. The molecule has 0 radical (unpaired) electrons. The number of aryl methyl sites for hydroxylation is 2. The summed E-state index contributed by atoms with van der Waals surface area (Å²) < 4.78 is 0. The third-order valence-electron chi connectivity index (χ3n) is 3.35. The molecule has 0 aliphatic heterocycles. The number of nitrogens with one attached hydrogen (secondary N) is 3. The quantitative estimate of drug-likeness (QED) is 0.650. The molecule has 0 bridgehead atoms. The molecule has 0 spiro atoms. The molecule has 0 aliphatic carbocycles. The van der Waals surface area contributed by atoms with Gasteiger partial charge in [0.2, 0.25) is 0 Å². The van der Waals surface area contributed by atoms with Crippen LogP contribution in [-0.2, 0) is 6.54 Å². The van der Waals surface area contributed by atoms with Crippen LogP contribution >= 0.6 is 11.3 Å². The summed E-state index contributed by atoms with van der Waals surface area (Å²) in [7, 11) is 0. The molecule has 5 nitrogen and oxygen atoms in total. The second-order valence-corrected chi connectivity index (χ2v) is 6.42. The van der Waals surface area contributed by atoms with E-state index in [1.165, 1.54) is 15.3 Å². The minimum absolute atomic E-state index is 0.614. The highest BCUT2D eigenvalue weighted by atomic mass is 32.1. The minimum Gasteiger partial charge on any atom is -0.381 e. The lowest BCUT2D eigenvalue weighted by Crippen LogP contribution is -2.28. The molecule has 0 atom stereocenters. The van der Waals surface area contributed by atoms with Gasteiger partial charge in [-0.05, 0) is 43.7 Å². The highest BCUT2D eigenvalue weighted by Gasteiger charge is 2.04. The number of hydrogen-bond donors (Lipinski definition) is 3. The fourth-order valence-electron chi connectivity index (χ4n) is 2.28. The first-order valence-electron chi connectivity index (χ1n) is 6.59. The lowest BCUT2D eigenvalue weighted by atomic mass is 10.2. The topological polar surface area (TPSA) is 77.8 Å². The number of aromatic nitrogens is 2. The first-order valence-corrected chi connectivity index (χ1v) is 7.41. The van der Waals surface area contributed by atoms with Crippen LogP contribution in [0.1, 0.15) is 15.3 Å². The Hall–Kier alpha value is -2.34. The van der Waals surface area contributed by atoms with E-state index in [1.807, 2.05) is 12.1 Å². The van der Waals surface area contributed by atoms with Crippen LogP contribution < -0.4 is 16.4 Å². The summed E-state index contributed by atoms with van der Waals surface area (Å²) in [4.78, 5) is 30.3. The van der Waals surface area contributed by atoms with Gasteiger partial charge in [-0.15, -0.1) is 11.3 Å². The number of H-pyrrole nitrogens is 2. The van der Waals surface area contributed by atoms with E-state index < -0.39 is 11.1 Å². The number of anilines is 1. The monoisotopic (exact) mass is 301 g/mol. The Labute approximate surface area is 124 Å². The molecule has 3 rings (SSSR count). The predicted molar refractivity (Wildman–Crippen MR) is 86.3 cm³/mol. The molecule has 0 amide bonds. The Bertz CT molecular complexity index is 921. The molecule has 0 unspecified atom stereocenters. The molecule has 0 saturated carbocycles. The van der Waals surface area contributed by atoms with Crippen LogP contribution in [0.25, 0.3) is 11.0 Å². The van der Waals surface area contributed by atoms with E-state index in [0.717, 1.165) is 12.2 Å². The summed E-state index contributed by atoms with van der Waals surface area (Å²) in [5.74, 6) is 0. The zero-order chi connectivity index (χ0) is 15.0. The first kappa shape index (κ1) is 13.6. The van der Waals surface area contributed by atoms with Gasteiger partial charge in [0.25, 0.3) is 0 Å². The van der Waals surface area contributed by atoms with Crippen LogP contribution in [0.2, 0.25) is 0 Å². The van der Waals surface area contributed by atoms with Gasteiger partial charge in [0.05, 0.1) is 11.0 Å². The maximum absolute atomic E-state index is 11.4. The van der Waals surface area contributed by atoms with E-state index in [4.69, 9.17) is 0 Å². The lowest BCUT2D eigenvalue weighted by molar-refractivity contribution is 1.13. The molecule has 3 aromatic rings. The van der Waals surface area contributed by atoms with Gasteiger partial charge >= 0.3 is 11.1 Å². The number of benzene rings is 1. The second kappa shape index (κ2) is 5.21. The van der Waals surface area contributed by atoms with Crippen molar-refractivity contribution in [3.8, 4) is 0 Å². The smallest absolute Gasteiger partial charge is 0.314 e. The molecule has 108 valence electrons. The van der Waals surface area contributed by atoms with Crippen LogP contribution in [0, 0.1) is 13.8 Å². The molecule has 0 fully saturated rings. The van der Waals surface area contributed by atoms with Crippen LogP contribution in [0.4, 0.5) is 5.69 Å². The summed E-state index contributed by atoms with van der Waals surface area (Å²) >= 11 is 1.78. The van der Waals surface area contributed by atoms with Crippen molar-refractivity contribution in [2.75, 3.05) is 5.32 Å². The summed E-state index contributed by atoms with van der Waals surface area (Å²) in [6.45, 7) is 4.94. The molecule has 1 aromatic carbocycles. The molecule has 6 heteroatoms. The normalized spacial score (nSPS) is 11.0. The summed E-state index contributed by atoms with van der Waals surface area (Å²) in [5.41, 5.74) is 2.13. The van der Waals surface area contributed by atoms with E-state index in [1.54, 1.807) is 17.4 Å². The highest BCUT2D eigenvalue weighted by molar-refractivity contribution is 7.12. The van der Waals surface area contributed by atoms with Crippen LogP contribution in [-0.4, -0.2) is 9.97 Å². The Kier molecular flexibility index (Phi) is 3.39. The van der Waals surface area contributed by atoms with E-state index in [2.05, 4.69) is 35.2 Å². The minimum atomic E-state index is -0.635. The molecular weight excluding hydrogens is 286 g/mol. The zero-order valence-electron chi connectivity index (χ0n) is 11.7. The molecular formula is C15H15N3O2S. The van der Waals surface area contributed by atoms with Crippen molar-refractivity contribution >= 4 is 28.1 Å². The van der Waals surface area contributed by atoms with Gasteiger partial charge in [0.1, 0.15) is 0 Å². The standard InChI is InChI=1S/C15H15N3O2S/c1-8-5-10(9(2)21-8)7-16-11-3-4-12-13(6-11)18-15(20)14(19)17-12/h3-6,16H,7H2,1-2H3,(H,17,19)(H,18,20). The van der Waals surface area contributed by atoms with E-state index in [-0.39, 0.29) is 0 Å². The Morgan fingerprint density at radius 3 is 2.43 bits per heavy atom. The Morgan fingerprint density at radius 1 is 1.05 bits per heavy atom. The number of rotatable bonds is 3. The average molecular weight is 301 g/mol. The third kappa shape index (κ3) is 2.75. The number of thiophene rings is 1. The number of hydrogen-bond acceptors (Lipinski definition) is 4. The van der Waals surface area contributed by atoms with E-state index in [0.29, 0.717) is 11.0 Å². The van der Waals surface area contributed by atoms with Crippen molar-refractivity contribution in [2.45, 2.75) is 20.4 Å². The zero-order valence-corrected chi connectivity index (χ0v) is 12.6. The van der Waals surface area contributed by atoms with Crippen molar-refractivity contribution in [1.29, 1.82) is 0 Å². The van der Waals surface area contributed by atoms with Gasteiger partial charge in [-0.25, -0.2) is 0 Å². The predicted octanol–water partition coefficient (Wildman–Crippen LogP) is 2.51. The van der Waals surface area contributed by atoms with Gasteiger partial charge in [0.15, 0.2) is 0 Å². The van der Waals surface area contributed by atoms with Crippen LogP contribution in [0.3, 0.4) is 0 Å². The second-order valence-electron chi connectivity index (χ2n) is 4.96. The van der Waals surface area contributed by atoms with Crippen molar-refractivity contribution in [2.24, 2.45) is 0 Å². The molecule has 3 N–H and O–H groups in total. The number of fused-ring (bicyclic) bond motifs is 1. The molecule has 2 heterocycles. The van der Waals surface area contributed by atoms with Gasteiger partial charge < -0.3 is 15.3 Å². The van der Waals surface area contributed by atoms with Gasteiger partial charge in [-0.3, -0.25) is 9.59 Å². The maximum Gasteiger partial charge on any atom is 0.314 e. The van der Waals surface area contributed by atoms with Gasteiger partial charge in [-0.1, -0.05) is 0 Å². The van der Waals surface area contributed by atoms with Crippen molar-refractivity contribution < 1.29 is 0 Å². The fourth-order valence-corrected chi connectivity index (χ4v) is 3.23. The highest BCUT2D eigenvalue weighted by Crippen LogP contribution is 2.22. The summed E-state index contributed by atoms with van der Waals surface area (Å²) in [6, 6.07) is 7.65. The molecule has 0 saturated heterocycles. The van der Waals surface area contributed by atoms with Crippen molar-refractivity contribution in [3.63, 3.8) is 0 Å². The van der Waals surface area contributed by atoms with Crippen molar-refractivity contribution in [1.82, 2.24) is 9.97 Å². The lowest BCUT2D eigenvalue weighted by Gasteiger charge is -2.07. The SMILES string of the molecule is Cc1cc(CNc2ccc3[nH]c(=O)c(=O)[nH]c3c2)c(C)s1. The van der Waals surface area contributed by atoms with Gasteiger partial charge in [-0.2, -0.15) is 0 Å². The Morgan fingerprint density at radius 2 is 1.76 bits per heavy atom. The summed E-state index contributed by atoms with van der Waals surface area (Å²) in [6.07, 6.45) is 0. The summed E-state index contributed by atoms with van der Waals surface area (Å²) in [5, 5.41) is 3.33. The van der Waals surface area contributed by atoms with Crippen molar-refractivity contribution in [3.05, 3.63) is 60.3 Å². The number of aromatic amines is 2. The fraction of sp³-hybridized carbons (Fsp3) is 0.200. The average Bonchev–Trinajstić information content (AvgIpc) is 2.76. The maximum atomic E-state index is 11.4. The van der Waals surface area contributed by atoms with Crippen LogP contribution in [0.5, 0.6) is 0 Å². The van der Waals surface area contributed by atoms with Gasteiger partial charge in [0, 0.05) is 22.0 Å².